The highest BCUT2D eigenvalue weighted by molar-refractivity contribution is 5.85. The van der Waals surface area contributed by atoms with E-state index in [0.29, 0.717) is 24.6 Å². The van der Waals surface area contributed by atoms with E-state index in [1.54, 1.807) is 18.2 Å². The zero-order chi connectivity index (χ0) is 16.8. The highest BCUT2D eigenvalue weighted by Gasteiger charge is 2.24. The van der Waals surface area contributed by atoms with Gasteiger partial charge >= 0.3 is 0 Å². The van der Waals surface area contributed by atoms with Gasteiger partial charge in [0.2, 0.25) is 5.91 Å². The minimum absolute atomic E-state index is 0. The molecule has 1 aliphatic heterocycles. The number of halogens is 1. The molecular weight excluding hydrogens is 332 g/mol. The molecule has 1 unspecified atom stereocenters. The molecule has 24 heavy (non-hydrogen) atoms. The number of nitrogens with zero attached hydrogens (tertiary/aromatic N) is 2. The van der Waals surface area contributed by atoms with Gasteiger partial charge in [-0.3, -0.25) is 14.9 Å². The first kappa shape index (κ1) is 20.2. The van der Waals surface area contributed by atoms with Crippen LogP contribution in [0.4, 0.5) is 11.4 Å². The van der Waals surface area contributed by atoms with Crippen molar-refractivity contribution in [3.63, 3.8) is 0 Å². The number of nitro groups is 1. The summed E-state index contributed by atoms with van der Waals surface area (Å²) in [4.78, 5) is 24.6. The van der Waals surface area contributed by atoms with Crippen molar-refractivity contribution in [2.75, 3.05) is 25.0 Å². The summed E-state index contributed by atoms with van der Waals surface area (Å²) < 4.78 is 0. The highest BCUT2D eigenvalue weighted by atomic mass is 35.5. The molecule has 2 rings (SSSR count). The number of hydrogen-bond donors (Lipinski definition) is 2. The van der Waals surface area contributed by atoms with Crippen LogP contribution in [0.1, 0.15) is 26.2 Å². The molecule has 1 aliphatic rings. The first-order valence-corrected chi connectivity index (χ1v) is 7.99. The van der Waals surface area contributed by atoms with E-state index in [-0.39, 0.29) is 30.0 Å². The molecule has 1 atom stereocenters. The van der Waals surface area contributed by atoms with Gasteiger partial charge < -0.3 is 16.0 Å². The predicted octanol–water partition coefficient (Wildman–Crippen LogP) is 2.40. The number of nitrogens with two attached hydrogens (primary N) is 1. The lowest BCUT2D eigenvalue weighted by atomic mass is 9.91. The Hall–Kier alpha value is -1.86. The van der Waals surface area contributed by atoms with E-state index in [4.69, 9.17) is 5.73 Å². The number of para-hydroxylation sites is 2. The van der Waals surface area contributed by atoms with E-state index >= 15 is 0 Å². The van der Waals surface area contributed by atoms with Crippen molar-refractivity contribution in [1.29, 1.82) is 0 Å². The molecule has 1 aromatic carbocycles. The Balaban J connectivity index is 0.00000288. The number of nitro benzene ring substituents is 1. The van der Waals surface area contributed by atoms with Crippen LogP contribution in [0.5, 0.6) is 0 Å². The molecule has 1 fully saturated rings. The lowest BCUT2D eigenvalue weighted by molar-refractivity contribution is -0.384. The Kier molecular flexibility index (Phi) is 7.94. The van der Waals surface area contributed by atoms with Crippen molar-refractivity contribution in [2.24, 2.45) is 11.7 Å². The number of carbonyl (C=O) groups excluding carboxylic acids is 1. The summed E-state index contributed by atoms with van der Waals surface area (Å²) in [5.41, 5.74) is 6.37. The molecule has 134 valence electrons. The fourth-order valence-corrected chi connectivity index (χ4v) is 2.92. The highest BCUT2D eigenvalue weighted by Crippen LogP contribution is 2.23. The largest absolute Gasteiger partial charge is 0.379 e. The second-order valence-electron chi connectivity index (χ2n) is 6.03. The molecule has 1 aromatic rings. The van der Waals surface area contributed by atoms with Gasteiger partial charge in [-0.25, -0.2) is 0 Å². The zero-order valence-electron chi connectivity index (χ0n) is 13.8. The Morgan fingerprint density at radius 2 is 2.04 bits per heavy atom. The van der Waals surface area contributed by atoms with Crippen LogP contribution in [0.3, 0.4) is 0 Å². The molecule has 1 amide bonds. The van der Waals surface area contributed by atoms with Gasteiger partial charge in [0.15, 0.2) is 0 Å². The Morgan fingerprint density at radius 3 is 2.62 bits per heavy atom. The third-order valence-corrected chi connectivity index (χ3v) is 4.39. The zero-order valence-corrected chi connectivity index (χ0v) is 14.6. The number of nitrogens with one attached hydrogen (secondary N) is 1. The quantitative estimate of drug-likeness (QED) is 0.602. The average molecular weight is 357 g/mol. The van der Waals surface area contributed by atoms with Crippen LogP contribution in [0.25, 0.3) is 0 Å². The number of piperidine rings is 1. The predicted molar refractivity (Wildman–Crippen MR) is 96.4 cm³/mol. The molecule has 8 heteroatoms. The third-order valence-electron chi connectivity index (χ3n) is 4.39. The molecule has 0 saturated carbocycles. The van der Waals surface area contributed by atoms with Crippen LogP contribution < -0.4 is 11.1 Å². The van der Waals surface area contributed by atoms with Gasteiger partial charge in [0.05, 0.1) is 4.92 Å². The first-order valence-electron chi connectivity index (χ1n) is 7.99. The van der Waals surface area contributed by atoms with E-state index in [1.165, 1.54) is 6.07 Å². The minimum Gasteiger partial charge on any atom is -0.379 e. The third kappa shape index (κ3) is 5.35. The van der Waals surface area contributed by atoms with Crippen LogP contribution >= 0.6 is 12.4 Å². The van der Waals surface area contributed by atoms with E-state index in [9.17, 15) is 14.9 Å². The van der Waals surface area contributed by atoms with E-state index in [0.717, 1.165) is 25.9 Å². The van der Waals surface area contributed by atoms with Gasteiger partial charge in [-0.15, -0.1) is 12.4 Å². The van der Waals surface area contributed by atoms with Crippen LogP contribution in [0.2, 0.25) is 0 Å². The fourth-order valence-electron chi connectivity index (χ4n) is 2.92. The van der Waals surface area contributed by atoms with Crippen LogP contribution in [0, 0.1) is 16.0 Å². The maximum absolute atomic E-state index is 12.2. The number of rotatable bonds is 6. The summed E-state index contributed by atoms with van der Waals surface area (Å²) in [5.74, 6) is 0.573. The maximum Gasteiger partial charge on any atom is 0.292 e. The SMILES string of the molecule is CC(N)C1CCN(C(=O)CCNc2ccccc2[N+](=O)[O-])CC1.Cl. The Labute approximate surface area is 148 Å². The molecule has 0 bridgehead atoms. The van der Waals surface area contributed by atoms with Crippen molar-refractivity contribution in [2.45, 2.75) is 32.2 Å². The maximum atomic E-state index is 12.2. The van der Waals surface area contributed by atoms with Crippen molar-refractivity contribution >= 4 is 29.7 Å². The lowest BCUT2D eigenvalue weighted by Gasteiger charge is -2.33. The lowest BCUT2D eigenvalue weighted by Crippen LogP contribution is -2.42. The summed E-state index contributed by atoms with van der Waals surface area (Å²) in [6, 6.07) is 6.62. The number of hydrogen-bond acceptors (Lipinski definition) is 5. The monoisotopic (exact) mass is 356 g/mol. The van der Waals surface area contributed by atoms with Crippen LogP contribution in [0.15, 0.2) is 24.3 Å². The first-order chi connectivity index (χ1) is 11.0. The molecule has 0 aliphatic carbocycles. The molecular formula is C16H25ClN4O3. The van der Waals surface area contributed by atoms with E-state index in [2.05, 4.69) is 5.32 Å². The van der Waals surface area contributed by atoms with E-state index in [1.807, 2.05) is 11.8 Å². The molecule has 0 radical (unpaired) electrons. The molecule has 0 spiro atoms. The van der Waals surface area contributed by atoms with Crippen LogP contribution in [-0.2, 0) is 4.79 Å². The number of carbonyl (C=O) groups is 1. The van der Waals surface area contributed by atoms with Gasteiger partial charge in [0.25, 0.3) is 5.69 Å². The Morgan fingerprint density at radius 1 is 1.42 bits per heavy atom. The van der Waals surface area contributed by atoms with Gasteiger partial charge in [-0.05, 0) is 31.7 Å². The molecule has 0 aromatic heterocycles. The number of benzene rings is 1. The number of likely N-dealkylation sites (tertiary alicyclic amines) is 1. The summed E-state index contributed by atoms with van der Waals surface area (Å²) in [7, 11) is 0. The normalized spacial score (nSPS) is 16.2. The van der Waals surface area contributed by atoms with Crippen molar-refractivity contribution in [1.82, 2.24) is 4.90 Å². The topological polar surface area (TPSA) is 102 Å². The summed E-state index contributed by atoms with van der Waals surface area (Å²) in [6.45, 7) is 3.89. The van der Waals surface area contributed by atoms with Crippen molar-refractivity contribution in [3.05, 3.63) is 34.4 Å². The second-order valence-corrected chi connectivity index (χ2v) is 6.03. The smallest absolute Gasteiger partial charge is 0.292 e. The summed E-state index contributed by atoms with van der Waals surface area (Å²) in [5, 5.41) is 13.9. The summed E-state index contributed by atoms with van der Waals surface area (Å²) >= 11 is 0. The fraction of sp³-hybridized carbons (Fsp3) is 0.562. The van der Waals surface area contributed by atoms with Crippen molar-refractivity contribution in [3.8, 4) is 0 Å². The Bertz CT molecular complexity index is 560. The second kappa shape index (κ2) is 9.44. The van der Waals surface area contributed by atoms with Gasteiger partial charge in [0, 0.05) is 38.2 Å². The van der Waals surface area contributed by atoms with E-state index < -0.39 is 4.92 Å². The van der Waals surface area contributed by atoms with Gasteiger partial charge in [0.1, 0.15) is 5.69 Å². The summed E-state index contributed by atoms with van der Waals surface area (Å²) in [6.07, 6.45) is 2.22. The molecule has 3 N–H and O–H groups in total. The van der Waals surface area contributed by atoms with Gasteiger partial charge in [-0.2, -0.15) is 0 Å². The van der Waals surface area contributed by atoms with Gasteiger partial charge in [-0.1, -0.05) is 12.1 Å². The number of amides is 1. The standard InChI is InChI=1S/C16H24N4O3.ClH/c1-12(17)13-7-10-19(11-8-13)16(21)6-9-18-14-4-2-3-5-15(14)20(22)23;/h2-5,12-13,18H,6-11,17H2,1H3;1H. The molecule has 1 saturated heterocycles. The van der Waals surface area contributed by atoms with Crippen LogP contribution in [-0.4, -0.2) is 41.4 Å². The number of anilines is 1. The molecule has 1 heterocycles. The molecule has 7 nitrogen and oxygen atoms in total. The van der Waals surface area contributed by atoms with Crippen molar-refractivity contribution < 1.29 is 9.72 Å². The minimum atomic E-state index is -0.428. The average Bonchev–Trinajstić information content (AvgIpc) is 2.55.